The second-order valence-corrected chi connectivity index (χ2v) is 0. The standard InChI is InChI=1S/Ag.H2O.O.Ti/h;1H2;;. The minimum absolute atomic E-state index is 0. The van der Waals surface area contributed by atoms with E-state index in [0.29, 0.717) is 0 Å². The van der Waals surface area contributed by atoms with Gasteiger partial charge in [-0.3, -0.25) is 0 Å². The zero-order chi connectivity index (χ0) is 2.00. The van der Waals surface area contributed by atoms with E-state index >= 15 is 0 Å². The van der Waals surface area contributed by atoms with Crippen molar-refractivity contribution in [3.63, 3.8) is 0 Å². The molecular weight excluding hydrogens is 188 g/mol. The Morgan fingerprint density at radius 1 is 1.25 bits per heavy atom. The molecule has 29 valence electrons. The Bertz CT molecular complexity index is 6.00. The molecule has 4 heteroatoms. The van der Waals surface area contributed by atoms with Crippen LogP contribution in [0.3, 0.4) is 0 Å². The van der Waals surface area contributed by atoms with Crippen molar-refractivity contribution >= 4 is 0 Å². The van der Waals surface area contributed by atoms with Crippen LogP contribution in [0.1, 0.15) is 0 Å². The molecule has 0 heterocycles. The number of hydrogen-bond acceptors (Lipinski definition) is 1. The Labute approximate surface area is 51.5 Å². The third-order valence-electron chi connectivity index (χ3n) is 0. The van der Waals surface area contributed by atoms with Crippen LogP contribution in [0.25, 0.3) is 0 Å². The van der Waals surface area contributed by atoms with Gasteiger partial charge in [0.25, 0.3) is 0 Å². The van der Waals surface area contributed by atoms with Gasteiger partial charge < -0.3 is 5.48 Å². The fourth-order valence-corrected chi connectivity index (χ4v) is 0. The minimum atomic E-state index is 0. The van der Waals surface area contributed by atoms with Crippen LogP contribution >= 0.6 is 0 Å². The molecule has 0 aliphatic rings. The van der Waals surface area contributed by atoms with Crippen molar-refractivity contribution in [2.24, 2.45) is 0 Å². The van der Waals surface area contributed by atoms with Gasteiger partial charge in [-0.25, -0.2) is 0 Å². The van der Waals surface area contributed by atoms with Gasteiger partial charge in [-0.05, 0) is 0 Å². The van der Waals surface area contributed by atoms with E-state index in [4.69, 9.17) is 3.32 Å². The SMILES string of the molecule is O.[Ag].[O]=[Ti]. The fourth-order valence-electron chi connectivity index (χ4n) is 0. The van der Waals surface area contributed by atoms with Gasteiger partial charge in [0.15, 0.2) is 0 Å². The van der Waals surface area contributed by atoms with Crippen LogP contribution in [0.4, 0.5) is 0 Å². The molecule has 0 aliphatic heterocycles. The first-order valence-corrected chi connectivity index (χ1v) is 0.842. The van der Waals surface area contributed by atoms with Gasteiger partial charge in [0, 0.05) is 22.4 Å². The maximum atomic E-state index is 8.25. The number of hydrogen-bond donors (Lipinski definition) is 0. The molecule has 0 spiro atoms. The zero-order valence-corrected chi connectivity index (χ0v) is 4.75. The molecule has 0 unspecified atom stereocenters. The summed E-state index contributed by atoms with van der Waals surface area (Å²) in [5.74, 6) is 0. The molecule has 0 atom stereocenters. The van der Waals surface area contributed by atoms with Gasteiger partial charge in [0.2, 0.25) is 0 Å². The molecule has 0 bridgehead atoms. The van der Waals surface area contributed by atoms with Crippen molar-refractivity contribution < 1.29 is 51.6 Å². The summed E-state index contributed by atoms with van der Waals surface area (Å²) < 4.78 is 8.25. The molecule has 0 saturated heterocycles. The second kappa shape index (κ2) is 29.5. The van der Waals surface area contributed by atoms with Crippen LogP contribution in [0, 0.1) is 0 Å². The molecule has 2 N–H and O–H groups in total. The third kappa shape index (κ3) is 10.7. The van der Waals surface area contributed by atoms with Crippen LogP contribution in [0.2, 0.25) is 0 Å². The summed E-state index contributed by atoms with van der Waals surface area (Å²) in [5.41, 5.74) is 0. The molecule has 0 aliphatic carbocycles. The van der Waals surface area contributed by atoms with Gasteiger partial charge in [-0.1, -0.05) is 0 Å². The van der Waals surface area contributed by atoms with Crippen molar-refractivity contribution in [3.05, 3.63) is 0 Å². The molecule has 0 rings (SSSR count). The van der Waals surface area contributed by atoms with E-state index in [-0.39, 0.29) is 27.9 Å². The van der Waals surface area contributed by atoms with Crippen LogP contribution in [0.5, 0.6) is 0 Å². The third-order valence-corrected chi connectivity index (χ3v) is 0. The molecule has 0 fully saturated rings. The normalized spacial score (nSPS) is 0.750. The van der Waals surface area contributed by atoms with Gasteiger partial charge in [0.05, 0.1) is 0 Å². The Hall–Kier alpha value is 1.21. The topological polar surface area (TPSA) is 48.6 Å². The first-order valence-electron chi connectivity index (χ1n) is 0.204. The average molecular weight is 190 g/mol. The van der Waals surface area contributed by atoms with E-state index in [1.165, 1.54) is 0 Å². The quantitative estimate of drug-likeness (QED) is 0.454. The molecule has 1 radical (unpaired) electrons. The van der Waals surface area contributed by atoms with Crippen molar-refractivity contribution in [2.75, 3.05) is 0 Å². The maximum absolute atomic E-state index is 8.25. The molecule has 0 aromatic carbocycles. The van der Waals surface area contributed by atoms with Crippen molar-refractivity contribution in [1.29, 1.82) is 0 Å². The van der Waals surface area contributed by atoms with Gasteiger partial charge >= 0.3 is 23.7 Å². The van der Waals surface area contributed by atoms with Crippen molar-refractivity contribution in [2.45, 2.75) is 0 Å². The first kappa shape index (κ1) is 18.9. The van der Waals surface area contributed by atoms with Gasteiger partial charge in [-0.15, -0.1) is 0 Å². The number of rotatable bonds is 0. The van der Waals surface area contributed by atoms with E-state index in [1.807, 2.05) is 0 Å². The molecule has 0 amide bonds. The van der Waals surface area contributed by atoms with Gasteiger partial charge in [0.1, 0.15) is 0 Å². The second-order valence-electron chi connectivity index (χ2n) is 0. The Balaban J connectivity index is -0.00000000500. The van der Waals surface area contributed by atoms with E-state index in [0.717, 1.165) is 20.4 Å². The summed E-state index contributed by atoms with van der Waals surface area (Å²) in [5, 5.41) is 0. The summed E-state index contributed by atoms with van der Waals surface area (Å²) in [4.78, 5) is 0. The zero-order valence-electron chi connectivity index (χ0n) is 1.71. The summed E-state index contributed by atoms with van der Waals surface area (Å²) >= 11 is 0.750. The van der Waals surface area contributed by atoms with Crippen molar-refractivity contribution in [1.82, 2.24) is 0 Å². The molecular formula is H2AgO2Ti. The van der Waals surface area contributed by atoms with Crippen LogP contribution in [-0.4, -0.2) is 5.48 Å². The fraction of sp³-hybridized carbons (Fsp3) is 0. The molecule has 0 aromatic rings. The summed E-state index contributed by atoms with van der Waals surface area (Å²) in [6.45, 7) is 0. The Kier molecular flexibility index (Phi) is 139. The first-order chi connectivity index (χ1) is 1.00. The van der Waals surface area contributed by atoms with E-state index < -0.39 is 0 Å². The summed E-state index contributed by atoms with van der Waals surface area (Å²) in [6, 6.07) is 0. The van der Waals surface area contributed by atoms with Crippen LogP contribution in [-0.2, 0) is 46.1 Å². The molecule has 0 aromatic heterocycles. The molecule has 2 nitrogen and oxygen atoms in total. The van der Waals surface area contributed by atoms with Crippen LogP contribution < -0.4 is 0 Å². The molecule has 4 heavy (non-hydrogen) atoms. The van der Waals surface area contributed by atoms with Gasteiger partial charge in [-0.2, -0.15) is 0 Å². The monoisotopic (exact) mass is 189 g/mol. The predicted molar refractivity (Wildman–Crippen MR) is 4.30 cm³/mol. The average Bonchev–Trinajstić information content (AvgIpc) is 1.00. The van der Waals surface area contributed by atoms with Crippen LogP contribution in [0.15, 0.2) is 0 Å². The van der Waals surface area contributed by atoms with Crippen molar-refractivity contribution in [3.8, 4) is 0 Å². The Morgan fingerprint density at radius 3 is 1.25 bits per heavy atom. The summed E-state index contributed by atoms with van der Waals surface area (Å²) in [7, 11) is 0. The van der Waals surface area contributed by atoms with E-state index in [2.05, 4.69) is 0 Å². The Morgan fingerprint density at radius 2 is 1.25 bits per heavy atom. The van der Waals surface area contributed by atoms with E-state index in [1.54, 1.807) is 0 Å². The summed E-state index contributed by atoms with van der Waals surface area (Å²) in [6.07, 6.45) is 0. The predicted octanol–water partition coefficient (Wildman–Crippen LogP) is -0.949. The molecule has 0 saturated carbocycles. The van der Waals surface area contributed by atoms with E-state index in [9.17, 15) is 0 Å².